The van der Waals surface area contributed by atoms with Crippen molar-refractivity contribution in [2.24, 2.45) is 10.9 Å². The number of benzene rings is 1. The van der Waals surface area contributed by atoms with Crippen molar-refractivity contribution >= 4 is 29.9 Å². The Kier molecular flexibility index (Phi) is 12.5. The highest BCUT2D eigenvalue weighted by Crippen LogP contribution is 2.19. The van der Waals surface area contributed by atoms with Gasteiger partial charge in [0.1, 0.15) is 12.4 Å². The second-order valence-corrected chi connectivity index (χ2v) is 7.43. The van der Waals surface area contributed by atoms with Crippen molar-refractivity contribution in [2.75, 3.05) is 61.1 Å². The van der Waals surface area contributed by atoms with Crippen molar-refractivity contribution in [1.29, 1.82) is 0 Å². The number of hydrogen-bond acceptors (Lipinski definition) is 4. The van der Waals surface area contributed by atoms with Crippen molar-refractivity contribution < 1.29 is 9.47 Å². The number of guanidine groups is 1. The third-order valence-corrected chi connectivity index (χ3v) is 4.99. The molecule has 0 radical (unpaired) electrons. The van der Waals surface area contributed by atoms with E-state index in [1.165, 1.54) is 19.3 Å². The Morgan fingerprint density at radius 3 is 2.57 bits per heavy atom. The van der Waals surface area contributed by atoms with Gasteiger partial charge in [0.05, 0.1) is 0 Å². The lowest BCUT2D eigenvalue weighted by Gasteiger charge is -2.27. The highest BCUT2D eigenvalue weighted by atomic mass is 127. The zero-order chi connectivity index (χ0) is 19.5. The molecule has 1 aliphatic rings. The number of hydrogen-bond donors (Lipinski definition) is 1. The molecule has 0 aliphatic carbocycles. The van der Waals surface area contributed by atoms with Crippen LogP contribution >= 0.6 is 24.0 Å². The molecule has 0 bridgehead atoms. The molecular weight excluding hydrogens is 467 g/mol. The molecule has 6 nitrogen and oxygen atoms in total. The van der Waals surface area contributed by atoms with E-state index in [1.807, 2.05) is 25.2 Å². The summed E-state index contributed by atoms with van der Waals surface area (Å²) in [7, 11) is 8.05. The monoisotopic (exact) mass is 504 g/mol. The normalized spacial score (nSPS) is 15.2. The molecule has 0 saturated carbocycles. The predicted molar refractivity (Wildman–Crippen MR) is 127 cm³/mol. The van der Waals surface area contributed by atoms with Gasteiger partial charge in [-0.15, -0.1) is 24.0 Å². The molecule has 160 valence electrons. The first-order valence-corrected chi connectivity index (χ1v) is 9.95. The number of halogens is 1. The van der Waals surface area contributed by atoms with Gasteiger partial charge in [0.2, 0.25) is 0 Å². The Hall–Kier alpha value is -1.06. The van der Waals surface area contributed by atoms with Gasteiger partial charge in [-0.3, -0.25) is 4.99 Å². The number of nitrogens with one attached hydrogen (secondary N) is 1. The molecule has 1 aromatic rings. The Labute approximate surface area is 187 Å². The minimum Gasteiger partial charge on any atom is -0.492 e. The van der Waals surface area contributed by atoms with Gasteiger partial charge in [-0.25, -0.2) is 0 Å². The lowest BCUT2D eigenvalue weighted by atomic mass is 9.96. The van der Waals surface area contributed by atoms with Crippen LogP contribution < -0.4 is 10.1 Å². The van der Waals surface area contributed by atoms with Crippen molar-refractivity contribution in [2.45, 2.75) is 25.8 Å². The van der Waals surface area contributed by atoms with Gasteiger partial charge in [-0.05, 0) is 45.3 Å². The third-order valence-electron chi connectivity index (χ3n) is 4.99. The molecule has 1 aliphatic heterocycles. The van der Waals surface area contributed by atoms with E-state index in [2.05, 4.69) is 47.3 Å². The van der Waals surface area contributed by atoms with E-state index in [0.717, 1.165) is 49.5 Å². The fourth-order valence-corrected chi connectivity index (χ4v) is 3.21. The molecule has 0 atom stereocenters. The van der Waals surface area contributed by atoms with Crippen molar-refractivity contribution in [1.82, 2.24) is 15.1 Å². The SMILES string of the molecule is CN=C(NCc1ccccc1OCCN(C)C)N(C)CCC1CCOCC1.I. The van der Waals surface area contributed by atoms with E-state index in [1.54, 1.807) is 0 Å². The van der Waals surface area contributed by atoms with Crippen LogP contribution in [0.4, 0.5) is 0 Å². The number of ether oxygens (including phenoxy) is 2. The van der Waals surface area contributed by atoms with E-state index >= 15 is 0 Å². The average molecular weight is 504 g/mol. The summed E-state index contributed by atoms with van der Waals surface area (Å²) in [6.45, 7) is 5.11. The lowest BCUT2D eigenvalue weighted by molar-refractivity contribution is 0.0625. The zero-order valence-corrected chi connectivity index (χ0v) is 20.1. The molecule has 0 spiro atoms. The van der Waals surface area contributed by atoms with Gasteiger partial charge in [0.25, 0.3) is 0 Å². The first-order valence-electron chi connectivity index (χ1n) is 9.95. The minimum atomic E-state index is 0. The van der Waals surface area contributed by atoms with Gasteiger partial charge < -0.3 is 24.6 Å². The lowest BCUT2D eigenvalue weighted by Crippen LogP contribution is -2.39. The van der Waals surface area contributed by atoms with Crippen LogP contribution in [0.1, 0.15) is 24.8 Å². The van der Waals surface area contributed by atoms with Gasteiger partial charge in [-0.1, -0.05) is 18.2 Å². The maximum atomic E-state index is 5.95. The molecule has 1 fully saturated rings. The van der Waals surface area contributed by atoms with Crippen LogP contribution in [0.5, 0.6) is 5.75 Å². The third kappa shape index (κ3) is 8.96. The Morgan fingerprint density at radius 2 is 1.89 bits per heavy atom. The molecule has 1 saturated heterocycles. The van der Waals surface area contributed by atoms with Crippen LogP contribution in [-0.2, 0) is 11.3 Å². The molecule has 2 rings (SSSR count). The van der Waals surface area contributed by atoms with Crippen molar-refractivity contribution in [3.63, 3.8) is 0 Å². The van der Waals surface area contributed by atoms with Crippen LogP contribution in [0.3, 0.4) is 0 Å². The first kappa shape index (κ1) is 25.0. The Balaban J connectivity index is 0.00000392. The van der Waals surface area contributed by atoms with E-state index in [-0.39, 0.29) is 24.0 Å². The second kappa shape index (κ2) is 14.0. The topological polar surface area (TPSA) is 49.3 Å². The molecule has 0 unspecified atom stereocenters. The van der Waals surface area contributed by atoms with Crippen LogP contribution in [-0.4, -0.2) is 76.9 Å². The Bertz CT molecular complexity index is 577. The molecule has 1 aromatic carbocycles. The molecular formula is C21H37IN4O2. The van der Waals surface area contributed by atoms with Gasteiger partial charge in [0, 0.05) is 52.5 Å². The van der Waals surface area contributed by atoms with E-state index < -0.39 is 0 Å². The van der Waals surface area contributed by atoms with E-state index in [9.17, 15) is 0 Å². The number of para-hydroxylation sites is 1. The number of rotatable bonds is 9. The quantitative estimate of drug-likeness (QED) is 0.318. The largest absolute Gasteiger partial charge is 0.492 e. The molecule has 0 amide bonds. The van der Waals surface area contributed by atoms with E-state index in [4.69, 9.17) is 9.47 Å². The maximum absolute atomic E-state index is 5.95. The highest BCUT2D eigenvalue weighted by molar-refractivity contribution is 14.0. The summed E-state index contributed by atoms with van der Waals surface area (Å²) in [5.41, 5.74) is 1.15. The number of likely N-dealkylation sites (N-methyl/N-ethyl adjacent to an activating group) is 1. The summed E-state index contributed by atoms with van der Waals surface area (Å²) in [5, 5.41) is 3.47. The Morgan fingerprint density at radius 1 is 1.18 bits per heavy atom. The molecule has 7 heteroatoms. The first-order chi connectivity index (χ1) is 13.1. The minimum absolute atomic E-state index is 0. The van der Waals surface area contributed by atoms with Gasteiger partial charge in [0.15, 0.2) is 5.96 Å². The summed E-state index contributed by atoms with van der Waals surface area (Å²) in [6.07, 6.45) is 3.54. The van der Waals surface area contributed by atoms with Gasteiger partial charge in [-0.2, -0.15) is 0 Å². The zero-order valence-electron chi connectivity index (χ0n) is 17.8. The standard InChI is InChI=1S/C21H36N4O2.HI/c1-22-21(25(4)12-9-18-10-14-26-15-11-18)23-17-19-7-5-6-8-20(19)27-16-13-24(2)3;/h5-8,18H,9-17H2,1-4H3,(H,22,23);1H. The van der Waals surface area contributed by atoms with Crippen molar-refractivity contribution in [3.05, 3.63) is 29.8 Å². The summed E-state index contributed by atoms with van der Waals surface area (Å²) >= 11 is 0. The summed E-state index contributed by atoms with van der Waals surface area (Å²) in [5.74, 6) is 2.63. The summed E-state index contributed by atoms with van der Waals surface area (Å²) in [6, 6.07) is 8.20. The van der Waals surface area contributed by atoms with Crippen molar-refractivity contribution in [3.8, 4) is 5.75 Å². The average Bonchev–Trinajstić information content (AvgIpc) is 2.68. The fourth-order valence-electron chi connectivity index (χ4n) is 3.21. The molecule has 28 heavy (non-hydrogen) atoms. The maximum Gasteiger partial charge on any atom is 0.193 e. The molecule has 0 aromatic heterocycles. The number of aliphatic imine (C=N–C) groups is 1. The highest BCUT2D eigenvalue weighted by Gasteiger charge is 2.15. The van der Waals surface area contributed by atoms with Crippen LogP contribution in [0.25, 0.3) is 0 Å². The summed E-state index contributed by atoms with van der Waals surface area (Å²) in [4.78, 5) is 8.78. The number of nitrogens with zero attached hydrogens (tertiary/aromatic N) is 3. The van der Waals surface area contributed by atoms with Crippen LogP contribution in [0.15, 0.2) is 29.3 Å². The summed E-state index contributed by atoms with van der Waals surface area (Å²) < 4.78 is 11.4. The van der Waals surface area contributed by atoms with Crippen LogP contribution in [0, 0.1) is 5.92 Å². The van der Waals surface area contributed by atoms with E-state index in [0.29, 0.717) is 13.2 Å². The smallest absolute Gasteiger partial charge is 0.193 e. The second-order valence-electron chi connectivity index (χ2n) is 7.43. The molecule has 1 N–H and O–H groups in total. The van der Waals surface area contributed by atoms with Crippen LogP contribution in [0.2, 0.25) is 0 Å². The van der Waals surface area contributed by atoms with Gasteiger partial charge >= 0.3 is 0 Å². The predicted octanol–water partition coefficient (Wildman–Crippen LogP) is 3.07. The molecule has 1 heterocycles. The fraction of sp³-hybridized carbons (Fsp3) is 0.667.